The zero-order valence-corrected chi connectivity index (χ0v) is 22.6. The molecule has 0 heterocycles. The molecular weight excluding hydrogens is 430 g/mol. The Kier molecular flexibility index (Phi) is 4.77. The molecule has 188 valence electrons. The Bertz CT molecular complexity index is 1120. The van der Waals surface area contributed by atoms with E-state index in [1.54, 1.807) is 0 Å². The van der Waals surface area contributed by atoms with Crippen LogP contribution in [0, 0.1) is 38.9 Å². The molecule has 0 radical (unpaired) electrons. The molecular formula is C32H43NO2. The lowest BCUT2D eigenvalue weighted by molar-refractivity contribution is -0.135. The minimum absolute atomic E-state index is 0.0421. The van der Waals surface area contributed by atoms with Crippen molar-refractivity contribution in [1.29, 1.82) is 0 Å². The largest absolute Gasteiger partial charge is 0.338 e. The van der Waals surface area contributed by atoms with E-state index < -0.39 is 0 Å². The molecule has 0 bridgehead atoms. The highest BCUT2D eigenvalue weighted by Crippen LogP contribution is 2.88. The van der Waals surface area contributed by atoms with Gasteiger partial charge in [-0.05, 0) is 103 Å². The molecule has 7 atom stereocenters. The molecule has 1 aromatic carbocycles. The molecule has 3 heteroatoms. The topological polar surface area (TPSA) is 37.4 Å². The Morgan fingerprint density at radius 2 is 1.60 bits per heavy atom. The van der Waals surface area contributed by atoms with Crippen LogP contribution in [0.3, 0.4) is 0 Å². The van der Waals surface area contributed by atoms with Gasteiger partial charge in [0.25, 0.3) is 5.91 Å². The average molecular weight is 474 g/mol. The number of rotatable bonds is 2. The van der Waals surface area contributed by atoms with E-state index in [4.69, 9.17) is 0 Å². The highest BCUT2D eigenvalue weighted by molar-refractivity contribution is 6.00. The number of hydrogen-bond acceptors (Lipinski definition) is 2. The Morgan fingerprint density at radius 1 is 0.943 bits per heavy atom. The van der Waals surface area contributed by atoms with Crippen LogP contribution in [0.25, 0.3) is 0 Å². The van der Waals surface area contributed by atoms with Crippen molar-refractivity contribution >= 4 is 11.7 Å². The third-order valence-electron chi connectivity index (χ3n) is 12.8. The number of ketones is 1. The zero-order valence-electron chi connectivity index (χ0n) is 22.6. The molecule has 0 unspecified atom stereocenters. The van der Waals surface area contributed by atoms with Crippen molar-refractivity contribution < 1.29 is 9.59 Å². The Morgan fingerprint density at radius 3 is 2.29 bits per heavy atom. The monoisotopic (exact) mass is 473 g/mol. The molecule has 5 aliphatic carbocycles. The molecule has 0 saturated heterocycles. The summed E-state index contributed by atoms with van der Waals surface area (Å²) < 4.78 is 0. The van der Waals surface area contributed by atoms with Crippen LogP contribution < -0.4 is 0 Å². The van der Waals surface area contributed by atoms with Crippen molar-refractivity contribution in [2.24, 2.45) is 38.9 Å². The number of Topliss-reactive ketones (excluding diaryl/α,β-unsaturated/α-hetero) is 1. The molecule has 5 fully saturated rings. The third kappa shape index (κ3) is 2.63. The first-order valence-corrected chi connectivity index (χ1v) is 14.0. The van der Waals surface area contributed by atoms with E-state index in [9.17, 15) is 9.59 Å². The number of amides is 1. The molecule has 1 amide bonds. The van der Waals surface area contributed by atoms with Gasteiger partial charge in [-0.1, -0.05) is 52.0 Å². The summed E-state index contributed by atoms with van der Waals surface area (Å²) in [7, 11) is 2.03. The summed E-state index contributed by atoms with van der Waals surface area (Å²) in [6, 6.07) is 10.1. The van der Waals surface area contributed by atoms with Gasteiger partial charge in [0, 0.05) is 30.5 Å². The molecule has 5 aliphatic rings. The van der Waals surface area contributed by atoms with Crippen molar-refractivity contribution in [2.75, 3.05) is 7.05 Å². The molecule has 6 rings (SSSR count). The van der Waals surface area contributed by atoms with Gasteiger partial charge in [0.05, 0.1) is 0 Å². The normalized spacial score (nSPS) is 46.3. The summed E-state index contributed by atoms with van der Waals surface area (Å²) in [5.41, 5.74) is 2.98. The second-order valence-corrected chi connectivity index (χ2v) is 13.9. The average Bonchev–Trinajstić information content (AvgIpc) is 3.44. The van der Waals surface area contributed by atoms with Gasteiger partial charge >= 0.3 is 0 Å². The first-order chi connectivity index (χ1) is 16.5. The Labute approximate surface area is 211 Å². The number of carbonyl (C=O) groups excluding carboxylic acids is 2. The van der Waals surface area contributed by atoms with E-state index in [0.29, 0.717) is 28.4 Å². The van der Waals surface area contributed by atoms with Crippen LogP contribution in [0.4, 0.5) is 0 Å². The Hall–Kier alpha value is -1.90. The maximum Gasteiger partial charge on any atom is 0.253 e. The quantitative estimate of drug-likeness (QED) is 0.431. The predicted octanol–water partition coefficient (Wildman–Crippen LogP) is 7.08. The van der Waals surface area contributed by atoms with Gasteiger partial charge in [-0.15, -0.1) is 0 Å². The molecule has 0 N–H and O–H groups in total. The molecule has 3 nitrogen and oxygen atoms in total. The number of carbonyl (C=O) groups is 2. The third-order valence-corrected chi connectivity index (χ3v) is 12.8. The van der Waals surface area contributed by atoms with Crippen molar-refractivity contribution in [3.05, 3.63) is 47.5 Å². The van der Waals surface area contributed by atoms with E-state index in [1.165, 1.54) is 32.1 Å². The van der Waals surface area contributed by atoms with Crippen LogP contribution in [0.1, 0.15) is 96.3 Å². The first-order valence-electron chi connectivity index (χ1n) is 14.0. The SMILES string of the molecule is CC=C1C(=O)C[C@]2(C)[C@@H]3CC[C@H]4C(C)(C)[C@H](N(C)C(=O)c5ccccc5)CC[C@@]45C[C@@]35CC[C@@]12C. The van der Waals surface area contributed by atoms with Gasteiger partial charge in [-0.2, -0.15) is 0 Å². The summed E-state index contributed by atoms with van der Waals surface area (Å²) in [6.07, 6.45) is 11.5. The fraction of sp³-hybridized carbons (Fsp3) is 0.688. The van der Waals surface area contributed by atoms with Crippen LogP contribution in [0.15, 0.2) is 42.0 Å². The smallest absolute Gasteiger partial charge is 0.253 e. The standard InChI is InChI=1S/C32H43NO2/c1-7-22-23(34)19-30(5)25-14-13-24-28(2,3)26(33(6)27(35)21-11-9-8-10-12-21)15-16-31(24)20-32(25,31)18-17-29(22,30)4/h7-12,24-26H,13-20H2,1-6H3/t24-,25-,26+,29-,30+,31+,32-/m0/s1. The van der Waals surface area contributed by atoms with Crippen LogP contribution in [-0.4, -0.2) is 29.7 Å². The lowest BCUT2D eigenvalue weighted by Gasteiger charge is -2.63. The number of allylic oxidation sites excluding steroid dienone is 2. The zero-order chi connectivity index (χ0) is 25.0. The highest BCUT2D eigenvalue weighted by Gasteiger charge is 2.82. The molecule has 0 aliphatic heterocycles. The fourth-order valence-electron chi connectivity index (χ4n) is 11.1. The minimum atomic E-state index is 0.0421. The number of hydrogen-bond donors (Lipinski definition) is 0. The van der Waals surface area contributed by atoms with E-state index >= 15 is 0 Å². The number of fused-ring (bicyclic) bond motifs is 2. The maximum atomic E-state index is 13.4. The van der Waals surface area contributed by atoms with Gasteiger partial charge < -0.3 is 4.90 Å². The first kappa shape index (κ1) is 23.5. The van der Waals surface area contributed by atoms with Crippen LogP contribution in [-0.2, 0) is 4.79 Å². The van der Waals surface area contributed by atoms with E-state index in [2.05, 4.69) is 45.6 Å². The second kappa shape index (κ2) is 7.11. The summed E-state index contributed by atoms with van der Waals surface area (Å²) in [4.78, 5) is 28.6. The lowest BCUT2D eigenvalue weighted by Crippen LogP contribution is -2.59. The van der Waals surface area contributed by atoms with Gasteiger partial charge in [-0.25, -0.2) is 0 Å². The van der Waals surface area contributed by atoms with Gasteiger partial charge in [0.15, 0.2) is 5.78 Å². The van der Waals surface area contributed by atoms with Crippen LogP contribution in [0.2, 0.25) is 0 Å². The molecule has 5 saturated carbocycles. The molecule has 2 spiro atoms. The van der Waals surface area contributed by atoms with Crippen LogP contribution >= 0.6 is 0 Å². The van der Waals surface area contributed by atoms with Crippen molar-refractivity contribution in [2.45, 2.75) is 92.0 Å². The van der Waals surface area contributed by atoms with Crippen molar-refractivity contribution in [3.8, 4) is 0 Å². The van der Waals surface area contributed by atoms with Crippen LogP contribution in [0.5, 0.6) is 0 Å². The molecule has 35 heavy (non-hydrogen) atoms. The summed E-state index contributed by atoms with van der Waals surface area (Å²) >= 11 is 0. The summed E-state index contributed by atoms with van der Waals surface area (Å²) in [5.74, 6) is 1.88. The molecule has 1 aromatic rings. The summed E-state index contributed by atoms with van der Waals surface area (Å²) in [5, 5.41) is 0. The number of benzene rings is 1. The van der Waals surface area contributed by atoms with Gasteiger partial charge in [0.1, 0.15) is 0 Å². The highest BCUT2D eigenvalue weighted by atomic mass is 16.2. The molecule has 0 aromatic heterocycles. The van der Waals surface area contributed by atoms with E-state index in [-0.39, 0.29) is 28.2 Å². The summed E-state index contributed by atoms with van der Waals surface area (Å²) in [6.45, 7) is 11.9. The predicted molar refractivity (Wildman–Crippen MR) is 140 cm³/mol. The minimum Gasteiger partial charge on any atom is -0.338 e. The second-order valence-electron chi connectivity index (χ2n) is 13.9. The fourth-order valence-corrected chi connectivity index (χ4v) is 11.1. The lowest BCUT2D eigenvalue weighted by atomic mass is 9.42. The van der Waals surface area contributed by atoms with Gasteiger partial charge in [-0.3, -0.25) is 9.59 Å². The number of nitrogens with zero attached hydrogens (tertiary/aromatic N) is 1. The van der Waals surface area contributed by atoms with Gasteiger partial charge in [0.2, 0.25) is 0 Å². The van der Waals surface area contributed by atoms with E-state index in [1.807, 2.05) is 37.4 Å². The van der Waals surface area contributed by atoms with Crippen molar-refractivity contribution in [1.82, 2.24) is 4.90 Å². The van der Waals surface area contributed by atoms with E-state index in [0.717, 1.165) is 30.4 Å². The Balaban J connectivity index is 1.31. The maximum absolute atomic E-state index is 13.4. The van der Waals surface area contributed by atoms with Crippen molar-refractivity contribution in [3.63, 3.8) is 0 Å².